The summed E-state index contributed by atoms with van der Waals surface area (Å²) in [6, 6.07) is 8.44. The molecule has 0 radical (unpaired) electrons. The first kappa shape index (κ1) is 14.8. The quantitative estimate of drug-likeness (QED) is 0.680. The van der Waals surface area contributed by atoms with Crippen LogP contribution in [0.15, 0.2) is 36.4 Å². The number of carbonyl (C=O) groups is 1. The lowest BCUT2D eigenvalue weighted by atomic mass is 10.1. The van der Waals surface area contributed by atoms with Crippen LogP contribution in [-0.4, -0.2) is 16.0 Å². The molecule has 0 amide bonds. The van der Waals surface area contributed by atoms with E-state index in [1.165, 1.54) is 30.3 Å². The van der Waals surface area contributed by atoms with Crippen LogP contribution < -0.4 is 4.74 Å². The number of benzene rings is 2. The van der Waals surface area contributed by atoms with Crippen molar-refractivity contribution >= 4 is 23.3 Å². The van der Waals surface area contributed by atoms with Gasteiger partial charge < -0.3 is 9.84 Å². The van der Waals surface area contributed by atoms with E-state index in [9.17, 15) is 14.9 Å². The van der Waals surface area contributed by atoms with E-state index < -0.39 is 10.9 Å². The fourth-order valence-electron chi connectivity index (χ4n) is 1.78. The van der Waals surface area contributed by atoms with Crippen LogP contribution in [0, 0.1) is 17.0 Å². The summed E-state index contributed by atoms with van der Waals surface area (Å²) in [7, 11) is 0. The van der Waals surface area contributed by atoms with Crippen molar-refractivity contribution in [2.24, 2.45) is 0 Å². The number of ether oxygens (including phenoxy) is 1. The first-order valence-corrected chi connectivity index (χ1v) is 6.22. The van der Waals surface area contributed by atoms with Crippen molar-refractivity contribution in [2.75, 3.05) is 0 Å². The van der Waals surface area contributed by atoms with Crippen LogP contribution in [0.4, 0.5) is 5.69 Å². The molecule has 7 heteroatoms. The molecule has 0 aliphatic carbocycles. The summed E-state index contributed by atoms with van der Waals surface area (Å²) < 4.78 is 5.47. The number of hydrogen-bond acceptors (Lipinski definition) is 4. The van der Waals surface area contributed by atoms with Gasteiger partial charge in [-0.3, -0.25) is 10.1 Å². The summed E-state index contributed by atoms with van der Waals surface area (Å²) in [6.07, 6.45) is 0. The molecular weight excluding hydrogens is 298 g/mol. The molecule has 0 unspecified atom stereocenters. The lowest BCUT2D eigenvalue weighted by molar-refractivity contribution is -0.385. The van der Waals surface area contributed by atoms with Gasteiger partial charge in [0, 0.05) is 17.2 Å². The lowest BCUT2D eigenvalue weighted by Gasteiger charge is -2.11. The maximum Gasteiger partial charge on any atom is 0.339 e. The number of aromatic carboxylic acids is 1. The van der Waals surface area contributed by atoms with Crippen LogP contribution in [0.5, 0.6) is 11.5 Å². The highest BCUT2D eigenvalue weighted by Gasteiger charge is 2.20. The zero-order chi connectivity index (χ0) is 15.6. The number of carboxylic acids is 1. The van der Waals surface area contributed by atoms with E-state index in [4.69, 9.17) is 21.4 Å². The minimum Gasteiger partial charge on any atom is -0.478 e. The van der Waals surface area contributed by atoms with Crippen molar-refractivity contribution in [3.05, 3.63) is 62.7 Å². The topological polar surface area (TPSA) is 89.7 Å². The minimum atomic E-state index is -1.21. The van der Waals surface area contributed by atoms with E-state index in [2.05, 4.69) is 0 Å². The fraction of sp³-hybridized carbons (Fsp3) is 0.0714. The molecule has 2 aromatic carbocycles. The third kappa shape index (κ3) is 3.11. The molecule has 1 N–H and O–H groups in total. The highest BCUT2D eigenvalue weighted by Crippen LogP contribution is 2.36. The molecule has 2 rings (SSSR count). The average molecular weight is 308 g/mol. The van der Waals surface area contributed by atoms with Gasteiger partial charge in [0.25, 0.3) is 0 Å². The summed E-state index contributed by atoms with van der Waals surface area (Å²) in [6.45, 7) is 1.63. The Labute approximate surface area is 124 Å². The molecule has 0 heterocycles. The molecule has 21 heavy (non-hydrogen) atoms. The van der Waals surface area contributed by atoms with Gasteiger partial charge in [-0.15, -0.1) is 0 Å². The average Bonchev–Trinajstić information content (AvgIpc) is 2.40. The molecule has 0 atom stereocenters. The number of para-hydroxylation sites is 1. The molecule has 2 aromatic rings. The Kier molecular flexibility index (Phi) is 4.09. The molecule has 0 aliphatic rings. The normalized spacial score (nSPS) is 10.2. The van der Waals surface area contributed by atoms with Gasteiger partial charge >= 0.3 is 11.7 Å². The largest absolute Gasteiger partial charge is 0.478 e. The SMILES string of the molecule is Cc1cccc([N+](=O)[O-])c1Oc1cc(Cl)ccc1C(=O)O. The fourth-order valence-corrected chi connectivity index (χ4v) is 1.94. The van der Waals surface area contributed by atoms with E-state index in [1.807, 2.05) is 0 Å². The first-order valence-electron chi connectivity index (χ1n) is 5.85. The van der Waals surface area contributed by atoms with Crippen LogP contribution in [0.2, 0.25) is 5.02 Å². The van der Waals surface area contributed by atoms with Gasteiger partial charge in [0.05, 0.1) is 4.92 Å². The van der Waals surface area contributed by atoms with Crippen LogP contribution in [0.1, 0.15) is 15.9 Å². The van der Waals surface area contributed by atoms with E-state index in [1.54, 1.807) is 13.0 Å². The predicted molar refractivity (Wildman–Crippen MR) is 76.3 cm³/mol. The molecule has 0 saturated carbocycles. The number of hydrogen-bond donors (Lipinski definition) is 1. The van der Waals surface area contributed by atoms with E-state index in [0.717, 1.165) is 0 Å². The van der Waals surface area contributed by atoms with Crippen LogP contribution in [0.3, 0.4) is 0 Å². The lowest BCUT2D eigenvalue weighted by Crippen LogP contribution is -2.02. The van der Waals surface area contributed by atoms with Crippen molar-refractivity contribution in [1.82, 2.24) is 0 Å². The minimum absolute atomic E-state index is 0.00716. The Morgan fingerprint density at radius 3 is 2.67 bits per heavy atom. The standard InChI is InChI=1S/C14H10ClNO5/c1-8-3-2-4-11(16(19)20)13(8)21-12-7-9(15)5-6-10(12)14(17)18/h2-7H,1H3,(H,17,18). The van der Waals surface area contributed by atoms with Crippen molar-refractivity contribution in [1.29, 1.82) is 0 Å². The molecule has 0 fully saturated rings. The molecule has 108 valence electrons. The van der Waals surface area contributed by atoms with Crippen molar-refractivity contribution in [3.8, 4) is 11.5 Å². The zero-order valence-corrected chi connectivity index (χ0v) is 11.6. The van der Waals surface area contributed by atoms with E-state index in [-0.39, 0.29) is 27.8 Å². The molecule has 0 spiro atoms. The van der Waals surface area contributed by atoms with Gasteiger partial charge in [-0.25, -0.2) is 4.79 Å². The molecule has 0 bridgehead atoms. The summed E-state index contributed by atoms with van der Waals surface area (Å²) in [5.74, 6) is -1.27. The maximum atomic E-state index is 11.2. The summed E-state index contributed by atoms with van der Waals surface area (Å²) in [4.78, 5) is 21.6. The first-order chi connectivity index (χ1) is 9.90. The second-order valence-corrected chi connectivity index (χ2v) is 4.66. The second-order valence-electron chi connectivity index (χ2n) is 4.23. The Balaban J connectivity index is 2.55. The summed E-state index contributed by atoms with van der Waals surface area (Å²) in [5, 5.41) is 20.4. The van der Waals surface area contributed by atoms with Gasteiger partial charge in [-0.2, -0.15) is 0 Å². The molecule has 0 aliphatic heterocycles. The highest BCUT2D eigenvalue weighted by molar-refractivity contribution is 6.30. The number of carboxylic acid groups (broad SMARTS) is 1. The Morgan fingerprint density at radius 1 is 1.33 bits per heavy atom. The third-order valence-electron chi connectivity index (χ3n) is 2.77. The molecular formula is C14H10ClNO5. The Bertz CT molecular complexity index is 729. The Hall–Kier alpha value is -2.60. The van der Waals surface area contributed by atoms with Gasteiger partial charge in [0.1, 0.15) is 11.3 Å². The maximum absolute atomic E-state index is 11.2. The Morgan fingerprint density at radius 2 is 2.05 bits per heavy atom. The zero-order valence-electron chi connectivity index (χ0n) is 10.9. The number of aryl methyl sites for hydroxylation is 1. The van der Waals surface area contributed by atoms with Gasteiger partial charge in [0.15, 0.2) is 0 Å². The monoisotopic (exact) mass is 307 g/mol. The number of nitro benzene ring substituents is 1. The number of rotatable bonds is 4. The second kappa shape index (κ2) is 5.80. The predicted octanol–water partition coefficient (Wildman–Crippen LogP) is 4.05. The van der Waals surface area contributed by atoms with Crippen molar-refractivity contribution in [2.45, 2.75) is 6.92 Å². The molecule has 0 saturated heterocycles. The summed E-state index contributed by atoms with van der Waals surface area (Å²) in [5.41, 5.74) is 0.142. The van der Waals surface area contributed by atoms with Crippen LogP contribution in [0.25, 0.3) is 0 Å². The van der Waals surface area contributed by atoms with Crippen LogP contribution in [-0.2, 0) is 0 Å². The molecule has 6 nitrogen and oxygen atoms in total. The van der Waals surface area contributed by atoms with E-state index >= 15 is 0 Å². The number of nitrogens with zero attached hydrogens (tertiary/aromatic N) is 1. The summed E-state index contributed by atoms with van der Waals surface area (Å²) >= 11 is 5.82. The van der Waals surface area contributed by atoms with Crippen molar-refractivity contribution in [3.63, 3.8) is 0 Å². The van der Waals surface area contributed by atoms with Crippen LogP contribution >= 0.6 is 11.6 Å². The molecule has 0 aromatic heterocycles. The third-order valence-corrected chi connectivity index (χ3v) is 3.01. The van der Waals surface area contributed by atoms with Gasteiger partial charge in [-0.05, 0) is 24.6 Å². The van der Waals surface area contributed by atoms with Crippen molar-refractivity contribution < 1.29 is 19.6 Å². The smallest absolute Gasteiger partial charge is 0.339 e. The number of nitro groups is 1. The van der Waals surface area contributed by atoms with Gasteiger partial charge in [-0.1, -0.05) is 23.7 Å². The van der Waals surface area contributed by atoms with E-state index in [0.29, 0.717) is 5.56 Å². The highest BCUT2D eigenvalue weighted by atomic mass is 35.5. The number of halogens is 1. The van der Waals surface area contributed by atoms with Gasteiger partial charge in [0.2, 0.25) is 5.75 Å².